The number of carbonyl (C=O) groups is 2. The summed E-state index contributed by atoms with van der Waals surface area (Å²) in [7, 11) is 0. The minimum atomic E-state index is -0.387. The molecule has 1 atom stereocenters. The number of benzene rings is 1. The van der Waals surface area contributed by atoms with Crippen LogP contribution in [0.4, 0.5) is 5.69 Å². The Morgan fingerprint density at radius 1 is 1.03 bits per heavy atom. The Hall–Kier alpha value is -2.83. The van der Waals surface area contributed by atoms with Crippen LogP contribution >= 0.6 is 0 Å². The van der Waals surface area contributed by atoms with Crippen molar-refractivity contribution in [3.8, 4) is 0 Å². The molecule has 1 aromatic heterocycles. The first-order chi connectivity index (χ1) is 14.1. The summed E-state index contributed by atoms with van der Waals surface area (Å²) >= 11 is 0. The highest BCUT2D eigenvalue weighted by Crippen LogP contribution is 2.27. The van der Waals surface area contributed by atoms with E-state index in [0.29, 0.717) is 6.54 Å². The van der Waals surface area contributed by atoms with Gasteiger partial charge in [-0.05, 0) is 56.4 Å². The maximum absolute atomic E-state index is 13.1. The van der Waals surface area contributed by atoms with E-state index in [1.54, 1.807) is 17.0 Å². The van der Waals surface area contributed by atoms with Crippen molar-refractivity contribution in [3.63, 3.8) is 0 Å². The van der Waals surface area contributed by atoms with Crippen LogP contribution in [0.1, 0.15) is 54.2 Å². The molecule has 2 aliphatic rings. The number of anilines is 1. The average Bonchev–Trinajstić information content (AvgIpc) is 3.21. The van der Waals surface area contributed by atoms with Crippen molar-refractivity contribution < 1.29 is 9.59 Å². The van der Waals surface area contributed by atoms with E-state index in [1.165, 1.54) is 24.9 Å². The van der Waals surface area contributed by atoms with Crippen molar-refractivity contribution in [2.24, 2.45) is 5.73 Å². The lowest BCUT2D eigenvalue weighted by atomic mass is 9.96. The van der Waals surface area contributed by atoms with Gasteiger partial charge in [0, 0.05) is 55.7 Å². The third-order valence-electron chi connectivity index (χ3n) is 5.98. The number of hydrogen-bond acceptors (Lipinski definition) is 4. The van der Waals surface area contributed by atoms with Crippen LogP contribution in [0.25, 0.3) is 0 Å². The van der Waals surface area contributed by atoms with Gasteiger partial charge in [-0.25, -0.2) is 4.98 Å². The van der Waals surface area contributed by atoms with Gasteiger partial charge in [0.15, 0.2) is 0 Å². The Labute approximate surface area is 171 Å². The standard InChI is InChI=1S/C22H29N5O2/c23-20(28)16-26-14-10-24-21(26)18-5-4-13-27(15-18)22(29)17-6-8-19(9-7-17)25-11-2-1-3-12-25/h6-10,14,18H,1-5,11-13,15-16H2,(H2,23,28). The summed E-state index contributed by atoms with van der Waals surface area (Å²) in [4.78, 5) is 33.1. The highest BCUT2D eigenvalue weighted by Gasteiger charge is 2.28. The van der Waals surface area contributed by atoms with Crippen molar-refractivity contribution in [1.82, 2.24) is 14.5 Å². The van der Waals surface area contributed by atoms with Crippen LogP contribution in [0, 0.1) is 0 Å². The molecule has 2 amide bonds. The highest BCUT2D eigenvalue weighted by atomic mass is 16.2. The number of amides is 2. The number of aromatic nitrogens is 2. The lowest BCUT2D eigenvalue weighted by Gasteiger charge is -2.33. The fraction of sp³-hybridized carbons (Fsp3) is 0.500. The first-order valence-corrected chi connectivity index (χ1v) is 10.6. The van der Waals surface area contributed by atoms with Gasteiger partial charge in [0.2, 0.25) is 5.91 Å². The molecule has 2 aliphatic heterocycles. The summed E-state index contributed by atoms with van der Waals surface area (Å²) < 4.78 is 1.80. The van der Waals surface area contributed by atoms with E-state index >= 15 is 0 Å². The lowest BCUT2D eigenvalue weighted by molar-refractivity contribution is -0.118. The maximum Gasteiger partial charge on any atom is 0.253 e. The molecule has 0 aliphatic carbocycles. The number of hydrogen-bond donors (Lipinski definition) is 1. The SMILES string of the molecule is NC(=O)Cn1ccnc1C1CCCN(C(=O)c2ccc(N3CCCCC3)cc2)C1. The number of primary amides is 1. The number of carbonyl (C=O) groups excluding carboxylic acids is 2. The van der Waals surface area contributed by atoms with Gasteiger partial charge in [0.25, 0.3) is 5.91 Å². The van der Waals surface area contributed by atoms with E-state index < -0.39 is 0 Å². The van der Waals surface area contributed by atoms with Gasteiger partial charge in [0.05, 0.1) is 0 Å². The molecule has 4 rings (SSSR count). The number of rotatable bonds is 5. The summed E-state index contributed by atoms with van der Waals surface area (Å²) in [5, 5.41) is 0. The Balaban J connectivity index is 1.43. The van der Waals surface area contributed by atoms with Crippen LogP contribution in [-0.4, -0.2) is 52.4 Å². The summed E-state index contributed by atoms with van der Waals surface area (Å²) in [5.41, 5.74) is 7.27. The molecular weight excluding hydrogens is 366 g/mol. The van der Waals surface area contributed by atoms with Crippen molar-refractivity contribution in [1.29, 1.82) is 0 Å². The third-order valence-corrected chi connectivity index (χ3v) is 5.98. The Morgan fingerprint density at radius 3 is 2.52 bits per heavy atom. The molecule has 2 saturated heterocycles. The number of piperidine rings is 2. The lowest BCUT2D eigenvalue weighted by Crippen LogP contribution is -2.40. The molecule has 1 aromatic carbocycles. The van der Waals surface area contributed by atoms with Gasteiger partial charge < -0.3 is 20.1 Å². The number of imidazole rings is 1. The molecule has 0 spiro atoms. The molecule has 154 valence electrons. The van der Waals surface area contributed by atoms with Gasteiger partial charge in [-0.3, -0.25) is 9.59 Å². The molecule has 2 fully saturated rings. The van der Waals surface area contributed by atoms with Gasteiger partial charge in [-0.2, -0.15) is 0 Å². The second-order valence-corrected chi connectivity index (χ2v) is 8.06. The van der Waals surface area contributed by atoms with Crippen molar-refractivity contribution in [2.75, 3.05) is 31.1 Å². The maximum atomic E-state index is 13.1. The molecule has 3 heterocycles. The summed E-state index contributed by atoms with van der Waals surface area (Å²) in [6, 6.07) is 8.03. The van der Waals surface area contributed by atoms with Crippen molar-refractivity contribution in [2.45, 2.75) is 44.6 Å². The Bertz CT molecular complexity index is 854. The molecule has 0 radical (unpaired) electrons. The van der Waals surface area contributed by atoms with E-state index in [0.717, 1.165) is 43.9 Å². The smallest absolute Gasteiger partial charge is 0.253 e. The van der Waals surface area contributed by atoms with E-state index in [4.69, 9.17) is 5.73 Å². The second kappa shape index (κ2) is 8.68. The number of nitrogens with two attached hydrogens (primary N) is 1. The van der Waals surface area contributed by atoms with Crippen LogP contribution < -0.4 is 10.6 Å². The minimum absolute atomic E-state index is 0.0629. The highest BCUT2D eigenvalue weighted by molar-refractivity contribution is 5.94. The van der Waals surface area contributed by atoms with Crippen molar-refractivity contribution >= 4 is 17.5 Å². The summed E-state index contributed by atoms with van der Waals surface area (Å²) in [6.07, 6.45) is 9.13. The molecule has 7 nitrogen and oxygen atoms in total. The van der Waals surface area contributed by atoms with Gasteiger partial charge in [0.1, 0.15) is 12.4 Å². The molecule has 0 bridgehead atoms. The first-order valence-electron chi connectivity index (χ1n) is 10.6. The molecule has 29 heavy (non-hydrogen) atoms. The predicted molar refractivity (Wildman–Crippen MR) is 112 cm³/mol. The summed E-state index contributed by atoms with van der Waals surface area (Å²) in [6.45, 7) is 3.68. The van der Waals surface area contributed by atoms with Crippen LogP contribution in [0.3, 0.4) is 0 Å². The third kappa shape index (κ3) is 4.44. The average molecular weight is 396 g/mol. The number of nitrogens with zero attached hydrogens (tertiary/aromatic N) is 4. The topological polar surface area (TPSA) is 84.5 Å². The predicted octanol–water partition coefficient (Wildman–Crippen LogP) is 2.38. The zero-order valence-corrected chi connectivity index (χ0v) is 16.8. The van der Waals surface area contributed by atoms with Crippen molar-refractivity contribution in [3.05, 3.63) is 48.0 Å². The van der Waals surface area contributed by atoms with E-state index in [9.17, 15) is 9.59 Å². The largest absolute Gasteiger partial charge is 0.372 e. The van der Waals surface area contributed by atoms with Crippen LogP contribution in [0.5, 0.6) is 0 Å². The van der Waals surface area contributed by atoms with Gasteiger partial charge >= 0.3 is 0 Å². The number of likely N-dealkylation sites (tertiary alicyclic amines) is 1. The summed E-state index contributed by atoms with van der Waals surface area (Å²) in [5.74, 6) is 0.631. The quantitative estimate of drug-likeness (QED) is 0.842. The minimum Gasteiger partial charge on any atom is -0.372 e. The van der Waals surface area contributed by atoms with E-state index in [1.807, 2.05) is 17.0 Å². The normalized spacial score (nSPS) is 19.9. The van der Waals surface area contributed by atoms with E-state index in [2.05, 4.69) is 22.0 Å². The Kier molecular flexibility index (Phi) is 5.83. The molecule has 7 heteroatoms. The molecule has 2 aromatic rings. The van der Waals surface area contributed by atoms with E-state index in [-0.39, 0.29) is 24.3 Å². The monoisotopic (exact) mass is 395 g/mol. The molecule has 2 N–H and O–H groups in total. The van der Waals surface area contributed by atoms with Gasteiger partial charge in [-0.15, -0.1) is 0 Å². The van der Waals surface area contributed by atoms with Crippen LogP contribution in [-0.2, 0) is 11.3 Å². The van der Waals surface area contributed by atoms with Crippen LogP contribution in [0.15, 0.2) is 36.7 Å². The fourth-order valence-electron chi connectivity index (χ4n) is 4.50. The molecule has 1 unspecified atom stereocenters. The molecule has 0 saturated carbocycles. The van der Waals surface area contributed by atoms with Gasteiger partial charge in [-0.1, -0.05) is 0 Å². The fourth-order valence-corrected chi connectivity index (χ4v) is 4.50. The second-order valence-electron chi connectivity index (χ2n) is 8.06. The zero-order chi connectivity index (χ0) is 20.2. The van der Waals surface area contributed by atoms with Crippen LogP contribution in [0.2, 0.25) is 0 Å². The Morgan fingerprint density at radius 2 is 1.79 bits per heavy atom. The zero-order valence-electron chi connectivity index (χ0n) is 16.8. The first kappa shape index (κ1) is 19.5. The molecular formula is C22H29N5O2.